The fourth-order valence-electron chi connectivity index (χ4n) is 3.61. The van der Waals surface area contributed by atoms with E-state index in [0.717, 1.165) is 44.5 Å². The van der Waals surface area contributed by atoms with E-state index < -0.39 is 0 Å². The first-order valence-corrected chi connectivity index (χ1v) is 10.2. The summed E-state index contributed by atoms with van der Waals surface area (Å²) in [6.45, 7) is 2.02. The molecule has 2 aromatic carbocycles. The number of aromatic nitrogens is 2. The molecular formula is C23H21N3O3S. The van der Waals surface area contributed by atoms with Crippen LogP contribution in [-0.4, -0.2) is 30.7 Å². The normalized spacial score (nSPS) is 10.8. The second kappa shape index (κ2) is 8.09. The fourth-order valence-corrected chi connectivity index (χ4v) is 4.52. The molecule has 0 radical (unpaired) electrons. The number of nitriles is 1. The number of methoxy groups -OCH3 is 3. The van der Waals surface area contributed by atoms with E-state index in [1.165, 1.54) is 0 Å². The molecule has 0 amide bonds. The highest BCUT2D eigenvalue weighted by Gasteiger charge is 2.20. The van der Waals surface area contributed by atoms with Gasteiger partial charge in [-0.15, -0.1) is 11.3 Å². The van der Waals surface area contributed by atoms with E-state index in [-0.39, 0.29) is 6.42 Å². The standard InChI is InChI=1S/C23H21N3O3S/c1-14-11-15(5-7-19(14)27-2)18-13-30-23-25-22(17(9-10-24)26(18)23)16-6-8-20(28-3)21(12-16)29-4/h5-8,11-13H,9H2,1-4H3. The van der Waals surface area contributed by atoms with Crippen LogP contribution in [-0.2, 0) is 6.42 Å². The maximum atomic E-state index is 9.51. The van der Waals surface area contributed by atoms with Gasteiger partial charge in [-0.1, -0.05) is 0 Å². The van der Waals surface area contributed by atoms with Crippen molar-refractivity contribution in [1.29, 1.82) is 5.26 Å². The van der Waals surface area contributed by atoms with Crippen molar-refractivity contribution in [1.82, 2.24) is 9.38 Å². The van der Waals surface area contributed by atoms with Crippen molar-refractivity contribution in [2.75, 3.05) is 21.3 Å². The minimum atomic E-state index is 0.240. The number of nitrogens with zero attached hydrogens (tertiary/aromatic N) is 3. The Hall–Kier alpha value is -3.50. The van der Waals surface area contributed by atoms with E-state index in [0.29, 0.717) is 11.5 Å². The van der Waals surface area contributed by atoms with Crippen LogP contribution in [0.1, 0.15) is 11.3 Å². The van der Waals surface area contributed by atoms with Gasteiger partial charge >= 0.3 is 0 Å². The van der Waals surface area contributed by atoms with Gasteiger partial charge in [0.2, 0.25) is 0 Å². The van der Waals surface area contributed by atoms with Crippen LogP contribution < -0.4 is 14.2 Å². The lowest BCUT2D eigenvalue weighted by molar-refractivity contribution is 0.355. The summed E-state index contributed by atoms with van der Waals surface area (Å²) in [5, 5.41) is 11.6. The van der Waals surface area contributed by atoms with Crippen molar-refractivity contribution in [3.63, 3.8) is 0 Å². The molecule has 0 spiro atoms. The molecule has 0 saturated heterocycles. The Bertz CT molecular complexity index is 1270. The highest BCUT2D eigenvalue weighted by Crippen LogP contribution is 2.37. The van der Waals surface area contributed by atoms with Crippen LogP contribution in [0.15, 0.2) is 41.8 Å². The average Bonchev–Trinajstić information content (AvgIpc) is 3.33. The summed E-state index contributed by atoms with van der Waals surface area (Å²) < 4.78 is 18.3. The number of aryl methyl sites for hydroxylation is 1. The minimum Gasteiger partial charge on any atom is -0.496 e. The number of fused-ring (bicyclic) bond motifs is 1. The molecule has 7 heteroatoms. The molecule has 0 bridgehead atoms. The molecule has 0 aliphatic heterocycles. The Kier molecular flexibility index (Phi) is 5.34. The number of imidazole rings is 1. The van der Waals surface area contributed by atoms with Crippen molar-refractivity contribution in [3.8, 4) is 45.8 Å². The zero-order valence-electron chi connectivity index (χ0n) is 17.2. The molecule has 0 atom stereocenters. The molecule has 2 heterocycles. The lowest BCUT2D eigenvalue weighted by Gasteiger charge is -2.10. The topological polar surface area (TPSA) is 68.8 Å². The molecular weight excluding hydrogens is 398 g/mol. The van der Waals surface area contributed by atoms with Crippen LogP contribution in [0.2, 0.25) is 0 Å². The van der Waals surface area contributed by atoms with E-state index >= 15 is 0 Å². The molecule has 152 valence electrons. The number of rotatable bonds is 6. The van der Waals surface area contributed by atoms with Gasteiger partial charge in [0.25, 0.3) is 0 Å². The molecule has 4 aromatic rings. The average molecular weight is 420 g/mol. The SMILES string of the molecule is COc1ccc(-c2csc3nc(-c4ccc(OC)c(OC)c4)c(CC#N)n23)cc1C. The van der Waals surface area contributed by atoms with Crippen LogP contribution in [0, 0.1) is 18.3 Å². The summed E-state index contributed by atoms with van der Waals surface area (Å²) in [5.41, 5.74) is 5.61. The first-order chi connectivity index (χ1) is 14.6. The van der Waals surface area contributed by atoms with E-state index in [4.69, 9.17) is 19.2 Å². The lowest BCUT2D eigenvalue weighted by atomic mass is 10.1. The van der Waals surface area contributed by atoms with Crippen LogP contribution in [0.5, 0.6) is 17.2 Å². The minimum absolute atomic E-state index is 0.240. The molecule has 0 unspecified atom stereocenters. The Morgan fingerprint density at radius 2 is 1.67 bits per heavy atom. The molecule has 30 heavy (non-hydrogen) atoms. The monoisotopic (exact) mass is 419 g/mol. The van der Waals surface area contributed by atoms with E-state index in [9.17, 15) is 5.26 Å². The van der Waals surface area contributed by atoms with Crippen LogP contribution in [0.3, 0.4) is 0 Å². The van der Waals surface area contributed by atoms with Crippen molar-refractivity contribution in [3.05, 3.63) is 53.0 Å². The fraction of sp³-hybridized carbons (Fsp3) is 0.217. The number of hydrogen-bond donors (Lipinski definition) is 0. The molecule has 0 N–H and O–H groups in total. The summed E-state index contributed by atoms with van der Waals surface area (Å²) in [5.74, 6) is 2.12. The van der Waals surface area contributed by atoms with E-state index in [1.807, 2.05) is 37.3 Å². The van der Waals surface area contributed by atoms with Crippen LogP contribution in [0.4, 0.5) is 0 Å². The second-order valence-corrected chi connectivity index (χ2v) is 7.57. The van der Waals surface area contributed by atoms with E-state index in [2.05, 4.69) is 21.9 Å². The van der Waals surface area contributed by atoms with Crippen molar-refractivity contribution in [2.24, 2.45) is 0 Å². The molecule has 0 saturated carbocycles. The van der Waals surface area contributed by atoms with Gasteiger partial charge in [-0.2, -0.15) is 5.26 Å². The zero-order chi connectivity index (χ0) is 21.3. The largest absolute Gasteiger partial charge is 0.496 e. The first kappa shape index (κ1) is 19.8. The van der Waals surface area contributed by atoms with Crippen LogP contribution in [0.25, 0.3) is 27.5 Å². The predicted octanol–water partition coefficient (Wildman–Crippen LogP) is 5.13. The third-order valence-electron chi connectivity index (χ3n) is 5.05. The predicted molar refractivity (Wildman–Crippen MR) is 118 cm³/mol. The summed E-state index contributed by atoms with van der Waals surface area (Å²) in [6.07, 6.45) is 0.240. The highest BCUT2D eigenvalue weighted by molar-refractivity contribution is 7.15. The third-order valence-corrected chi connectivity index (χ3v) is 5.88. The number of hydrogen-bond acceptors (Lipinski definition) is 6. The van der Waals surface area contributed by atoms with Gasteiger partial charge < -0.3 is 14.2 Å². The molecule has 0 fully saturated rings. The Morgan fingerprint density at radius 3 is 2.33 bits per heavy atom. The van der Waals surface area contributed by atoms with Crippen molar-refractivity contribution < 1.29 is 14.2 Å². The molecule has 6 nitrogen and oxygen atoms in total. The number of ether oxygens (including phenoxy) is 3. The summed E-state index contributed by atoms with van der Waals surface area (Å²) >= 11 is 1.55. The van der Waals surface area contributed by atoms with Crippen molar-refractivity contribution in [2.45, 2.75) is 13.3 Å². The smallest absolute Gasteiger partial charge is 0.194 e. The maximum Gasteiger partial charge on any atom is 0.194 e. The van der Waals surface area contributed by atoms with Gasteiger partial charge in [-0.25, -0.2) is 4.98 Å². The van der Waals surface area contributed by atoms with E-state index in [1.54, 1.807) is 32.7 Å². The summed E-state index contributed by atoms with van der Waals surface area (Å²) in [7, 11) is 4.88. The second-order valence-electron chi connectivity index (χ2n) is 6.74. The number of benzene rings is 2. The Balaban J connectivity index is 1.91. The van der Waals surface area contributed by atoms with Gasteiger partial charge in [0.05, 0.1) is 50.9 Å². The van der Waals surface area contributed by atoms with Gasteiger partial charge in [-0.3, -0.25) is 4.40 Å². The highest BCUT2D eigenvalue weighted by atomic mass is 32.1. The Labute approximate surface area is 178 Å². The van der Waals surface area contributed by atoms with Gasteiger partial charge in [-0.05, 0) is 54.4 Å². The molecule has 0 aliphatic carbocycles. The van der Waals surface area contributed by atoms with Gasteiger partial charge in [0, 0.05) is 10.9 Å². The van der Waals surface area contributed by atoms with Gasteiger partial charge in [0.15, 0.2) is 16.5 Å². The zero-order valence-corrected chi connectivity index (χ0v) is 18.0. The Morgan fingerprint density at radius 1 is 0.967 bits per heavy atom. The number of thiazole rings is 1. The summed E-state index contributed by atoms with van der Waals surface area (Å²) in [4.78, 5) is 5.69. The molecule has 0 aliphatic rings. The molecule has 2 aromatic heterocycles. The summed E-state index contributed by atoms with van der Waals surface area (Å²) in [6, 6.07) is 14.1. The quantitative estimate of drug-likeness (QED) is 0.433. The molecule has 4 rings (SSSR count). The maximum absolute atomic E-state index is 9.51. The first-order valence-electron chi connectivity index (χ1n) is 9.34. The lowest BCUT2D eigenvalue weighted by Crippen LogP contribution is -1.96. The van der Waals surface area contributed by atoms with Crippen molar-refractivity contribution >= 4 is 16.3 Å². The third kappa shape index (κ3) is 3.25. The van der Waals surface area contributed by atoms with Crippen LogP contribution >= 0.6 is 11.3 Å². The van der Waals surface area contributed by atoms with Gasteiger partial charge in [0.1, 0.15) is 5.75 Å².